The Kier molecular flexibility index (Phi) is 9.65. The van der Waals surface area contributed by atoms with Crippen LogP contribution in [0.1, 0.15) is 55.5 Å². The summed E-state index contributed by atoms with van der Waals surface area (Å²) < 4.78 is 11.2. The molecular weight excluding hydrogens is 430 g/mol. The molecule has 0 spiro atoms. The zero-order valence-electron chi connectivity index (χ0n) is 20.6. The number of benzene rings is 2. The first-order valence-electron chi connectivity index (χ1n) is 12.2. The molecule has 0 amide bonds. The minimum absolute atomic E-state index is 0.0676. The van der Waals surface area contributed by atoms with Crippen molar-refractivity contribution in [2.24, 2.45) is 5.92 Å². The number of carbonyl (C=O) groups is 1. The van der Waals surface area contributed by atoms with Crippen LogP contribution in [0.4, 0.5) is 0 Å². The van der Waals surface area contributed by atoms with Gasteiger partial charge < -0.3 is 25.0 Å². The molecule has 2 aromatic carbocycles. The molecule has 2 atom stereocenters. The van der Waals surface area contributed by atoms with E-state index in [4.69, 9.17) is 14.6 Å². The van der Waals surface area contributed by atoms with Gasteiger partial charge in [0, 0.05) is 12.1 Å². The van der Waals surface area contributed by atoms with E-state index < -0.39 is 12.1 Å². The summed E-state index contributed by atoms with van der Waals surface area (Å²) in [6, 6.07) is 16.6. The van der Waals surface area contributed by atoms with Crippen molar-refractivity contribution >= 4 is 5.97 Å². The normalized spacial score (nSPS) is 15.8. The molecule has 3 rings (SSSR count). The van der Waals surface area contributed by atoms with Crippen molar-refractivity contribution < 1.29 is 24.5 Å². The number of aliphatic hydroxyl groups is 1. The molecule has 0 aliphatic heterocycles. The van der Waals surface area contributed by atoms with Gasteiger partial charge in [0.25, 0.3) is 0 Å². The third kappa shape index (κ3) is 8.20. The molecule has 6 nitrogen and oxygen atoms in total. The molecule has 0 fully saturated rings. The highest BCUT2D eigenvalue weighted by Gasteiger charge is 2.28. The Bertz CT molecular complexity index is 904. The third-order valence-corrected chi connectivity index (χ3v) is 6.52. The topological polar surface area (TPSA) is 88.0 Å². The lowest BCUT2D eigenvalue weighted by atomic mass is 9.88. The largest absolute Gasteiger partial charge is 0.480 e. The molecule has 0 saturated heterocycles. The molecule has 2 aromatic rings. The van der Waals surface area contributed by atoms with Gasteiger partial charge in [-0.2, -0.15) is 0 Å². The summed E-state index contributed by atoms with van der Waals surface area (Å²) in [6.07, 6.45) is 3.14. The Hall–Kier alpha value is -2.25. The second kappa shape index (κ2) is 12.5. The Labute approximate surface area is 203 Å². The monoisotopic (exact) mass is 469 g/mol. The van der Waals surface area contributed by atoms with Crippen LogP contribution in [0.25, 0.3) is 0 Å². The van der Waals surface area contributed by atoms with Crippen LogP contribution in [0.2, 0.25) is 0 Å². The second-order valence-corrected chi connectivity index (χ2v) is 10.0. The van der Waals surface area contributed by atoms with Crippen molar-refractivity contribution in [2.75, 3.05) is 26.4 Å². The summed E-state index contributed by atoms with van der Waals surface area (Å²) in [5.74, 6) is -0.339. The molecule has 0 bridgehead atoms. The van der Waals surface area contributed by atoms with Crippen molar-refractivity contribution in [3.63, 3.8) is 0 Å². The van der Waals surface area contributed by atoms with Gasteiger partial charge in [-0.1, -0.05) is 48.5 Å². The average molecular weight is 470 g/mol. The number of ether oxygens (including phenoxy) is 2. The Morgan fingerprint density at radius 3 is 2.44 bits per heavy atom. The number of carboxylic acids is 1. The molecule has 34 heavy (non-hydrogen) atoms. The summed E-state index contributed by atoms with van der Waals surface area (Å²) in [5, 5.41) is 22.8. The van der Waals surface area contributed by atoms with Crippen molar-refractivity contribution in [3.05, 3.63) is 70.8 Å². The fraction of sp³-hybridized carbons (Fsp3) is 0.536. The van der Waals surface area contributed by atoms with E-state index in [1.807, 2.05) is 31.2 Å². The summed E-state index contributed by atoms with van der Waals surface area (Å²) in [7, 11) is 0. The lowest BCUT2D eigenvalue weighted by Gasteiger charge is -2.31. The number of aliphatic hydroxyl groups excluding tert-OH is 1. The molecule has 0 radical (unpaired) electrons. The van der Waals surface area contributed by atoms with Gasteiger partial charge in [0.15, 0.2) is 0 Å². The molecule has 186 valence electrons. The van der Waals surface area contributed by atoms with E-state index >= 15 is 0 Å². The maximum atomic E-state index is 10.6. The average Bonchev–Trinajstić information content (AvgIpc) is 3.20. The summed E-state index contributed by atoms with van der Waals surface area (Å²) in [5.41, 5.74) is 4.97. The zero-order valence-corrected chi connectivity index (χ0v) is 20.6. The fourth-order valence-electron chi connectivity index (χ4n) is 4.89. The summed E-state index contributed by atoms with van der Waals surface area (Å²) >= 11 is 0. The first-order chi connectivity index (χ1) is 16.2. The minimum Gasteiger partial charge on any atom is -0.480 e. The number of β-amino-alcohol motifs (C(OH)–C–C–N with tert-alkyl or cyclic N) is 1. The second-order valence-electron chi connectivity index (χ2n) is 10.0. The third-order valence-electron chi connectivity index (χ3n) is 6.52. The lowest BCUT2D eigenvalue weighted by Crippen LogP contribution is -2.45. The highest BCUT2D eigenvalue weighted by Crippen LogP contribution is 2.32. The number of aliphatic carboxylic acids is 1. The van der Waals surface area contributed by atoms with Gasteiger partial charge in [0.05, 0.1) is 25.4 Å². The van der Waals surface area contributed by atoms with Crippen LogP contribution < -0.4 is 5.32 Å². The van der Waals surface area contributed by atoms with E-state index in [9.17, 15) is 9.90 Å². The molecule has 0 saturated carbocycles. The molecule has 1 aliphatic carbocycles. The smallest absolute Gasteiger partial charge is 0.329 e. The van der Waals surface area contributed by atoms with Gasteiger partial charge in [-0.25, -0.2) is 4.79 Å². The highest BCUT2D eigenvalue weighted by atomic mass is 16.5. The predicted molar refractivity (Wildman–Crippen MR) is 133 cm³/mol. The number of rotatable bonds is 14. The SMILES string of the molecule is C[C@@H](OC[C@@H](O)CNC(C)(C)CC1Cc2ccccc2C1)c1ccccc1CCOCC(=O)O. The van der Waals surface area contributed by atoms with E-state index in [-0.39, 0.29) is 24.9 Å². The Morgan fingerprint density at radius 2 is 1.76 bits per heavy atom. The molecular formula is C28H39NO5. The van der Waals surface area contributed by atoms with Crippen molar-refractivity contribution in [1.82, 2.24) is 5.32 Å². The van der Waals surface area contributed by atoms with E-state index in [0.717, 1.165) is 30.4 Å². The molecule has 0 unspecified atom stereocenters. The van der Waals surface area contributed by atoms with E-state index in [2.05, 4.69) is 43.4 Å². The van der Waals surface area contributed by atoms with Gasteiger partial charge in [0.1, 0.15) is 6.61 Å². The summed E-state index contributed by atoms with van der Waals surface area (Å²) in [6.45, 7) is 7.14. The van der Waals surface area contributed by atoms with Crippen LogP contribution >= 0.6 is 0 Å². The molecule has 0 heterocycles. The maximum Gasteiger partial charge on any atom is 0.329 e. The number of fused-ring (bicyclic) bond motifs is 1. The van der Waals surface area contributed by atoms with E-state index in [1.165, 1.54) is 11.1 Å². The number of hydrogen-bond donors (Lipinski definition) is 3. The van der Waals surface area contributed by atoms with Gasteiger partial charge in [0.2, 0.25) is 0 Å². The maximum absolute atomic E-state index is 10.6. The van der Waals surface area contributed by atoms with Crippen molar-refractivity contribution in [3.8, 4) is 0 Å². The Morgan fingerprint density at radius 1 is 1.12 bits per heavy atom. The molecule has 0 aromatic heterocycles. The number of nitrogens with one attached hydrogen (secondary N) is 1. The fourth-order valence-corrected chi connectivity index (χ4v) is 4.89. The van der Waals surface area contributed by atoms with Gasteiger partial charge in [-0.15, -0.1) is 0 Å². The lowest BCUT2D eigenvalue weighted by molar-refractivity contribution is -0.142. The van der Waals surface area contributed by atoms with Crippen LogP contribution in [0.3, 0.4) is 0 Å². The van der Waals surface area contributed by atoms with Crippen LogP contribution in [0, 0.1) is 5.92 Å². The zero-order chi connectivity index (χ0) is 24.6. The minimum atomic E-state index is -0.968. The summed E-state index contributed by atoms with van der Waals surface area (Å²) in [4.78, 5) is 10.6. The van der Waals surface area contributed by atoms with Crippen molar-refractivity contribution in [2.45, 2.75) is 64.2 Å². The molecule has 1 aliphatic rings. The van der Waals surface area contributed by atoms with Crippen LogP contribution in [0.15, 0.2) is 48.5 Å². The van der Waals surface area contributed by atoms with Gasteiger partial charge in [-0.3, -0.25) is 0 Å². The first-order valence-corrected chi connectivity index (χ1v) is 12.2. The van der Waals surface area contributed by atoms with Gasteiger partial charge >= 0.3 is 5.97 Å². The van der Waals surface area contributed by atoms with Crippen LogP contribution in [-0.2, 0) is 33.5 Å². The van der Waals surface area contributed by atoms with Gasteiger partial charge in [-0.05, 0) is 74.6 Å². The predicted octanol–water partition coefficient (Wildman–Crippen LogP) is 3.94. The van der Waals surface area contributed by atoms with E-state index in [1.54, 1.807) is 0 Å². The first kappa shape index (κ1) is 26.4. The molecule has 3 N–H and O–H groups in total. The molecule has 6 heteroatoms. The highest BCUT2D eigenvalue weighted by molar-refractivity contribution is 5.67. The standard InChI is InChI=1S/C28H39NO5/c1-20(26-11-7-6-8-22(26)12-13-33-19-27(31)32)34-18-25(30)17-29-28(2,3)16-21-14-23-9-4-5-10-24(23)15-21/h4-11,20-21,25,29-30H,12-19H2,1-3H3,(H,31,32)/t20-,25+/m1/s1. The van der Waals surface area contributed by atoms with Crippen LogP contribution in [-0.4, -0.2) is 54.2 Å². The quantitative estimate of drug-likeness (QED) is 0.363. The Balaban J connectivity index is 1.40. The number of carboxylic acid groups (broad SMARTS) is 1. The van der Waals surface area contributed by atoms with Crippen molar-refractivity contribution in [1.29, 1.82) is 0 Å². The van der Waals surface area contributed by atoms with Crippen LogP contribution in [0.5, 0.6) is 0 Å². The van der Waals surface area contributed by atoms with E-state index in [0.29, 0.717) is 25.5 Å². The number of hydrogen-bond acceptors (Lipinski definition) is 5.